The predicted molar refractivity (Wildman–Crippen MR) is 121 cm³/mol. The molecule has 1 heterocycles. The number of likely N-dealkylation sites (tertiary alicyclic amines) is 1. The highest BCUT2D eigenvalue weighted by Crippen LogP contribution is 2.49. The summed E-state index contributed by atoms with van der Waals surface area (Å²) in [6, 6.07) is 20.3. The lowest BCUT2D eigenvalue weighted by Gasteiger charge is -2.41. The van der Waals surface area contributed by atoms with Crippen LogP contribution in [0, 0.1) is 5.92 Å². The molecule has 5 nitrogen and oxygen atoms in total. The lowest BCUT2D eigenvalue weighted by molar-refractivity contribution is -0.138. The average Bonchev–Trinajstić information content (AvgIpc) is 3.63. The number of carbonyl (C=O) groups excluding carboxylic acids is 2. The SMILES string of the molecule is COCCCNC(=O)C1(c2ccccc2)CCN(C(=O)C2CC2c2ccccc2)CC1. The average molecular weight is 421 g/mol. The predicted octanol–water partition coefficient (Wildman–Crippen LogP) is 3.50. The molecule has 4 rings (SSSR count). The van der Waals surface area contributed by atoms with Crippen LogP contribution in [0.3, 0.4) is 0 Å². The van der Waals surface area contributed by atoms with Gasteiger partial charge in [-0.2, -0.15) is 0 Å². The van der Waals surface area contributed by atoms with Gasteiger partial charge in [-0.3, -0.25) is 9.59 Å². The second-order valence-corrected chi connectivity index (χ2v) is 8.74. The Morgan fingerprint density at radius 2 is 1.68 bits per heavy atom. The number of ether oxygens (including phenoxy) is 1. The number of rotatable bonds is 8. The molecular formula is C26H32N2O3. The van der Waals surface area contributed by atoms with Crippen molar-refractivity contribution >= 4 is 11.8 Å². The topological polar surface area (TPSA) is 58.6 Å². The second-order valence-electron chi connectivity index (χ2n) is 8.74. The molecule has 1 aliphatic carbocycles. The van der Waals surface area contributed by atoms with Crippen molar-refractivity contribution in [2.24, 2.45) is 5.92 Å². The standard InChI is InChI=1S/C26H32N2O3/c1-31-18-8-15-27-25(30)26(21-11-6-3-7-12-21)13-16-28(17-14-26)24(29)23-19-22(23)20-9-4-2-5-10-20/h2-7,9-12,22-23H,8,13-19H2,1H3,(H,27,30). The summed E-state index contributed by atoms with van der Waals surface area (Å²) in [4.78, 5) is 28.4. The fourth-order valence-corrected chi connectivity index (χ4v) is 4.87. The van der Waals surface area contributed by atoms with E-state index in [4.69, 9.17) is 4.74 Å². The molecule has 2 unspecified atom stereocenters. The molecular weight excluding hydrogens is 388 g/mol. The number of nitrogens with one attached hydrogen (secondary N) is 1. The van der Waals surface area contributed by atoms with Crippen LogP contribution < -0.4 is 5.32 Å². The molecule has 0 radical (unpaired) electrons. The molecule has 2 aromatic carbocycles. The number of benzene rings is 2. The lowest BCUT2D eigenvalue weighted by atomic mass is 9.72. The summed E-state index contributed by atoms with van der Waals surface area (Å²) in [5.74, 6) is 0.750. The number of piperidine rings is 1. The molecule has 2 atom stereocenters. The summed E-state index contributed by atoms with van der Waals surface area (Å²) >= 11 is 0. The number of hydrogen-bond acceptors (Lipinski definition) is 3. The first-order valence-electron chi connectivity index (χ1n) is 11.3. The van der Waals surface area contributed by atoms with Crippen LogP contribution in [-0.4, -0.2) is 50.1 Å². The molecule has 31 heavy (non-hydrogen) atoms. The third-order valence-electron chi connectivity index (χ3n) is 6.84. The molecule has 2 fully saturated rings. The fourth-order valence-electron chi connectivity index (χ4n) is 4.87. The number of amides is 2. The van der Waals surface area contributed by atoms with Gasteiger partial charge in [-0.1, -0.05) is 60.7 Å². The Labute approximate surface area is 184 Å². The first-order valence-corrected chi connectivity index (χ1v) is 11.3. The number of methoxy groups -OCH3 is 1. The summed E-state index contributed by atoms with van der Waals surface area (Å²) in [7, 11) is 1.67. The van der Waals surface area contributed by atoms with Crippen molar-refractivity contribution in [3.8, 4) is 0 Å². The van der Waals surface area contributed by atoms with E-state index in [-0.39, 0.29) is 17.7 Å². The number of hydrogen-bond donors (Lipinski definition) is 1. The van der Waals surface area contributed by atoms with Gasteiger partial charge in [-0.25, -0.2) is 0 Å². The van der Waals surface area contributed by atoms with Crippen LogP contribution in [-0.2, 0) is 19.7 Å². The molecule has 164 valence electrons. The summed E-state index contributed by atoms with van der Waals surface area (Å²) < 4.78 is 5.09. The van der Waals surface area contributed by atoms with Gasteiger partial charge in [0.25, 0.3) is 0 Å². The van der Waals surface area contributed by atoms with Crippen LogP contribution in [0.15, 0.2) is 60.7 Å². The third kappa shape index (κ3) is 4.67. The van der Waals surface area contributed by atoms with Crippen molar-refractivity contribution < 1.29 is 14.3 Å². The minimum absolute atomic E-state index is 0.0653. The molecule has 2 aromatic rings. The Morgan fingerprint density at radius 3 is 2.32 bits per heavy atom. The van der Waals surface area contributed by atoms with Gasteiger partial charge in [0.05, 0.1) is 5.41 Å². The molecule has 1 aliphatic heterocycles. The molecule has 1 N–H and O–H groups in total. The highest BCUT2D eigenvalue weighted by Gasteiger charge is 2.49. The molecule has 0 spiro atoms. The Kier molecular flexibility index (Phi) is 6.71. The van der Waals surface area contributed by atoms with Crippen molar-refractivity contribution in [3.63, 3.8) is 0 Å². The first kappa shape index (κ1) is 21.6. The van der Waals surface area contributed by atoms with E-state index in [0.29, 0.717) is 45.0 Å². The smallest absolute Gasteiger partial charge is 0.230 e. The van der Waals surface area contributed by atoms with Crippen LogP contribution in [0.5, 0.6) is 0 Å². The minimum Gasteiger partial charge on any atom is -0.385 e. The van der Waals surface area contributed by atoms with E-state index in [2.05, 4.69) is 17.4 Å². The third-order valence-corrected chi connectivity index (χ3v) is 6.84. The van der Waals surface area contributed by atoms with E-state index in [1.165, 1.54) is 5.56 Å². The van der Waals surface area contributed by atoms with Gasteiger partial charge in [0.1, 0.15) is 0 Å². The molecule has 5 heteroatoms. The highest BCUT2D eigenvalue weighted by molar-refractivity contribution is 5.89. The van der Waals surface area contributed by atoms with E-state index in [1.54, 1.807) is 7.11 Å². The number of nitrogens with zero attached hydrogens (tertiary/aromatic N) is 1. The molecule has 1 saturated carbocycles. The van der Waals surface area contributed by atoms with Gasteiger partial charge < -0.3 is 15.0 Å². The summed E-state index contributed by atoms with van der Waals surface area (Å²) in [6.07, 6.45) is 3.03. The van der Waals surface area contributed by atoms with Crippen LogP contribution in [0.1, 0.15) is 42.7 Å². The van der Waals surface area contributed by atoms with E-state index in [1.807, 2.05) is 53.4 Å². The second kappa shape index (κ2) is 9.65. The van der Waals surface area contributed by atoms with Gasteiger partial charge in [0, 0.05) is 39.3 Å². The maximum Gasteiger partial charge on any atom is 0.230 e. The normalized spacial score (nSPS) is 22.0. The molecule has 0 bridgehead atoms. The minimum atomic E-state index is -0.576. The van der Waals surface area contributed by atoms with Crippen LogP contribution in [0.2, 0.25) is 0 Å². The van der Waals surface area contributed by atoms with Gasteiger partial charge in [0.15, 0.2) is 0 Å². The van der Waals surface area contributed by atoms with Crippen LogP contribution in [0.25, 0.3) is 0 Å². The van der Waals surface area contributed by atoms with Gasteiger partial charge in [-0.15, -0.1) is 0 Å². The zero-order chi connectivity index (χ0) is 21.7. The Balaban J connectivity index is 1.41. The fraction of sp³-hybridized carbons (Fsp3) is 0.462. The van der Waals surface area contributed by atoms with Crippen molar-refractivity contribution in [1.82, 2.24) is 10.2 Å². The van der Waals surface area contributed by atoms with Gasteiger partial charge in [0.2, 0.25) is 11.8 Å². The first-order chi connectivity index (χ1) is 15.2. The Morgan fingerprint density at radius 1 is 1.03 bits per heavy atom. The highest BCUT2D eigenvalue weighted by atomic mass is 16.5. The summed E-state index contributed by atoms with van der Waals surface area (Å²) in [5, 5.41) is 3.11. The summed E-state index contributed by atoms with van der Waals surface area (Å²) in [6.45, 7) is 2.48. The zero-order valence-corrected chi connectivity index (χ0v) is 18.3. The largest absolute Gasteiger partial charge is 0.385 e. The van der Waals surface area contributed by atoms with E-state index >= 15 is 0 Å². The Bertz CT molecular complexity index is 876. The van der Waals surface area contributed by atoms with Crippen molar-refractivity contribution in [2.75, 3.05) is 33.4 Å². The van der Waals surface area contributed by atoms with Crippen LogP contribution in [0.4, 0.5) is 0 Å². The summed E-state index contributed by atoms with van der Waals surface area (Å²) in [5.41, 5.74) is 1.72. The molecule has 2 aliphatic rings. The molecule has 1 saturated heterocycles. The lowest BCUT2D eigenvalue weighted by Crippen LogP contribution is -2.53. The zero-order valence-electron chi connectivity index (χ0n) is 18.3. The monoisotopic (exact) mass is 420 g/mol. The quantitative estimate of drug-likeness (QED) is 0.665. The van der Waals surface area contributed by atoms with Crippen molar-refractivity contribution in [2.45, 2.75) is 37.0 Å². The molecule has 2 amide bonds. The Hall–Kier alpha value is -2.66. The van der Waals surface area contributed by atoms with E-state index in [0.717, 1.165) is 18.4 Å². The maximum absolute atomic E-state index is 13.3. The van der Waals surface area contributed by atoms with Crippen LogP contribution >= 0.6 is 0 Å². The van der Waals surface area contributed by atoms with Gasteiger partial charge >= 0.3 is 0 Å². The number of carbonyl (C=O) groups is 2. The maximum atomic E-state index is 13.3. The van der Waals surface area contributed by atoms with E-state index < -0.39 is 5.41 Å². The molecule has 0 aromatic heterocycles. The van der Waals surface area contributed by atoms with Crippen molar-refractivity contribution in [1.29, 1.82) is 0 Å². The van der Waals surface area contributed by atoms with E-state index in [9.17, 15) is 9.59 Å². The van der Waals surface area contributed by atoms with Crippen molar-refractivity contribution in [3.05, 3.63) is 71.8 Å². The van der Waals surface area contributed by atoms with Gasteiger partial charge in [-0.05, 0) is 42.7 Å².